The molecular weight excluding hydrogens is 272 g/mol. The Labute approximate surface area is 125 Å². The summed E-state index contributed by atoms with van der Waals surface area (Å²) in [7, 11) is 0. The van der Waals surface area contributed by atoms with E-state index in [1.807, 2.05) is 6.92 Å². The number of hydrogen-bond donors (Lipinski definition) is 2. The van der Waals surface area contributed by atoms with Gasteiger partial charge in [0.1, 0.15) is 0 Å². The van der Waals surface area contributed by atoms with Gasteiger partial charge >= 0.3 is 11.9 Å². The third-order valence-corrected chi connectivity index (χ3v) is 2.73. The summed E-state index contributed by atoms with van der Waals surface area (Å²) in [5.74, 6) is -2.46. The van der Waals surface area contributed by atoms with Crippen LogP contribution in [0.25, 0.3) is 0 Å². The molecular formula is C16H24O5. The molecule has 118 valence electrons. The summed E-state index contributed by atoms with van der Waals surface area (Å²) in [6.45, 7) is 6.09. The van der Waals surface area contributed by atoms with E-state index in [2.05, 4.69) is 6.92 Å². The summed E-state index contributed by atoms with van der Waals surface area (Å²) >= 11 is 0. The lowest BCUT2D eigenvalue weighted by Gasteiger charge is -1.98. The van der Waals surface area contributed by atoms with Crippen molar-refractivity contribution in [2.75, 3.05) is 13.2 Å². The van der Waals surface area contributed by atoms with Crippen LogP contribution in [0.5, 0.6) is 0 Å². The fraction of sp³-hybridized carbons (Fsp3) is 0.500. The van der Waals surface area contributed by atoms with Crippen molar-refractivity contribution in [2.24, 2.45) is 0 Å². The van der Waals surface area contributed by atoms with Crippen molar-refractivity contribution in [1.82, 2.24) is 0 Å². The number of carboxylic acid groups (broad SMARTS) is 2. The lowest BCUT2D eigenvalue weighted by molar-refractivity contribution is 0.0651. The van der Waals surface area contributed by atoms with E-state index >= 15 is 0 Å². The van der Waals surface area contributed by atoms with E-state index in [1.54, 1.807) is 0 Å². The Morgan fingerprint density at radius 2 is 1.48 bits per heavy atom. The number of carboxylic acids is 2. The van der Waals surface area contributed by atoms with E-state index in [4.69, 9.17) is 14.9 Å². The SMILES string of the molecule is CCCCCCOCC.O=C(O)c1ccccc1C(=O)O. The van der Waals surface area contributed by atoms with E-state index in [-0.39, 0.29) is 11.1 Å². The lowest BCUT2D eigenvalue weighted by Crippen LogP contribution is -2.06. The highest BCUT2D eigenvalue weighted by Gasteiger charge is 2.13. The van der Waals surface area contributed by atoms with Crippen LogP contribution in [0.15, 0.2) is 24.3 Å². The molecule has 0 aliphatic carbocycles. The zero-order chi connectivity index (χ0) is 16.1. The van der Waals surface area contributed by atoms with E-state index in [1.165, 1.54) is 49.9 Å². The predicted molar refractivity (Wildman–Crippen MR) is 81.0 cm³/mol. The van der Waals surface area contributed by atoms with Crippen LogP contribution >= 0.6 is 0 Å². The smallest absolute Gasteiger partial charge is 0.336 e. The van der Waals surface area contributed by atoms with Crippen molar-refractivity contribution in [2.45, 2.75) is 39.5 Å². The second-order valence-corrected chi connectivity index (χ2v) is 4.41. The number of hydrogen-bond acceptors (Lipinski definition) is 3. The topological polar surface area (TPSA) is 83.8 Å². The fourth-order valence-corrected chi connectivity index (χ4v) is 1.63. The maximum atomic E-state index is 10.5. The van der Waals surface area contributed by atoms with Crippen LogP contribution < -0.4 is 0 Å². The van der Waals surface area contributed by atoms with Gasteiger partial charge in [0.15, 0.2) is 0 Å². The number of unbranched alkanes of at least 4 members (excludes halogenated alkanes) is 3. The molecule has 0 unspecified atom stereocenters. The standard InChI is InChI=1S/C8H6O4.C8H18O/c9-7(10)5-3-1-2-4-6(5)8(11)12;1-3-5-6-7-8-9-4-2/h1-4H,(H,9,10)(H,11,12);3-8H2,1-2H3. The van der Waals surface area contributed by atoms with Crippen molar-refractivity contribution in [1.29, 1.82) is 0 Å². The predicted octanol–water partition coefficient (Wildman–Crippen LogP) is 3.69. The monoisotopic (exact) mass is 296 g/mol. The molecule has 0 radical (unpaired) electrons. The molecule has 0 aliphatic rings. The third kappa shape index (κ3) is 8.81. The zero-order valence-electron chi connectivity index (χ0n) is 12.7. The molecule has 0 heterocycles. The van der Waals surface area contributed by atoms with Gasteiger partial charge in [-0.3, -0.25) is 0 Å². The normalized spacial score (nSPS) is 9.62. The molecule has 1 aromatic rings. The molecule has 0 atom stereocenters. The molecule has 5 nitrogen and oxygen atoms in total. The molecule has 0 amide bonds. The van der Waals surface area contributed by atoms with E-state index in [0.717, 1.165) is 13.2 Å². The van der Waals surface area contributed by atoms with E-state index in [0.29, 0.717) is 0 Å². The molecule has 1 aromatic carbocycles. The van der Waals surface area contributed by atoms with Gasteiger partial charge in [-0.25, -0.2) is 9.59 Å². The quantitative estimate of drug-likeness (QED) is 0.715. The molecule has 0 aliphatic heterocycles. The van der Waals surface area contributed by atoms with Gasteiger partial charge in [-0.1, -0.05) is 38.3 Å². The van der Waals surface area contributed by atoms with Crippen LogP contribution in [0.1, 0.15) is 60.2 Å². The molecule has 0 fully saturated rings. The van der Waals surface area contributed by atoms with Gasteiger partial charge in [0.2, 0.25) is 0 Å². The molecule has 0 aromatic heterocycles. The molecule has 0 saturated carbocycles. The highest BCUT2D eigenvalue weighted by molar-refractivity contribution is 6.01. The van der Waals surface area contributed by atoms with Gasteiger partial charge in [0.05, 0.1) is 11.1 Å². The number of aromatic carboxylic acids is 2. The minimum Gasteiger partial charge on any atom is -0.478 e. The van der Waals surface area contributed by atoms with Gasteiger partial charge in [0.25, 0.3) is 0 Å². The maximum absolute atomic E-state index is 10.5. The number of benzene rings is 1. The Morgan fingerprint density at radius 3 is 1.86 bits per heavy atom. The van der Waals surface area contributed by atoms with Crippen molar-refractivity contribution >= 4 is 11.9 Å². The first-order valence-corrected chi connectivity index (χ1v) is 7.17. The minimum atomic E-state index is -1.23. The van der Waals surface area contributed by atoms with Crippen molar-refractivity contribution < 1.29 is 24.5 Å². The lowest BCUT2D eigenvalue weighted by atomic mass is 10.1. The van der Waals surface area contributed by atoms with Crippen molar-refractivity contribution in [3.8, 4) is 0 Å². The molecule has 0 bridgehead atoms. The summed E-state index contributed by atoms with van der Waals surface area (Å²) in [5.41, 5.74) is -0.380. The van der Waals surface area contributed by atoms with Gasteiger partial charge in [-0.2, -0.15) is 0 Å². The largest absolute Gasteiger partial charge is 0.478 e. The molecule has 0 spiro atoms. The maximum Gasteiger partial charge on any atom is 0.336 e. The summed E-state index contributed by atoms with van der Waals surface area (Å²) < 4.78 is 5.18. The second kappa shape index (κ2) is 11.9. The van der Waals surface area contributed by atoms with Crippen LogP contribution in [0, 0.1) is 0 Å². The second-order valence-electron chi connectivity index (χ2n) is 4.41. The third-order valence-electron chi connectivity index (χ3n) is 2.73. The van der Waals surface area contributed by atoms with Crippen molar-refractivity contribution in [3.05, 3.63) is 35.4 Å². The number of rotatable bonds is 8. The highest BCUT2D eigenvalue weighted by Crippen LogP contribution is 2.07. The minimum absolute atomic E-state index is 0.190. The van der Waals surface area contributed by atoms with Crippen LogP contribution in [0.3, 0.4) is 0 Å². The Morgan fingerprint density at radius 1 is 0.952 bits per heavy atom. The Kier molecular flexibility index (Phi) is 10.8. The van der Waals surface area contributed by atoms with Gasteiger partial charge in [-0.15, -0.1) is 0 Å². The number of carbonyl (C=O) groups is 2. The first kappa shape index (κ1) is 19.1. The molecule has 1 rings (SSSR count). The average Bonchev–Trinajstić information content (AvgIpc) is 2.48. The van der Waals surface area contributed by atoms with Gasteiger partial charge < -0.3 is 14.9 Å². The van der Waals surface area contributed by atoms with Crippen molar-refractivity contribution in [3.63, 3.8) is 0 Å². The Balaban J connectivity index is 0.000000400. The zero-order valence-corrected chi connectivity index (χ0v) is 12.7. The summed E-state index contributed by atoms with van der Waals surface area (Å²) in [4.78, 5) is 20.9. The Bertz CT molecular complexity index is 389. The average molecular weight is 296 g/mol. The van der Waals surface area contributed by atoms with Crippen LogP contribution in [0.2, 0.25) is 0 Å². The first-order chi connectivity index (χ1) is 10.0. The van der Waals surface area contributed by atoms with Gasteiger partial charge in [-0.05, 0) is 25.5 Å². The molecule has 21 heavy (non-hydrogen) atoms. The molecule has 0 saturated heterocycles. The van der Waals surface area contributed by atoms with E-state index < -0.39 is 11.9 Å². The summed E-state index contributed by atoms with van der Waals surface area (Å²) in [6.07, 6.45) is 5.23. The molecule has 5 heteroatoms. The first-order valence-electron chi connectivity index (χ1n) is 7.17. The van der Waals surface area contributed by atoms with Crippen LogP contribution in [0.4, 0.5) is 0 Å². The van der Waals surface area contributed by atoms with Crippen LogP contribution in [-0.2, 0) is 4.74 Å². The Hall–Kier alpha value is -1.88. The summed E-state index contributed by atoms with van der Waals surface area (Å²) in [5, 5.41) is 17.1. The summed E-state index contributed by atoms with van der Waals surface area (Å²) in [6, 6.07) is 5.48. The van der Waals surface area contributed by atoms with Crippen LogP contribution in [-0.4, -0.2) is 35.4 Å². The number of ether oxygens (including phenoxy) is 1. The fourth-order valence-electron chi connectivity index (χ4n) is 1.63. The van der Waals surface area contributed by atoms with E-state index in [9.17, 15) is 9.59 Å². The van der Waals surface area contributed by atoms with Gasteiger partial charge in [0, 0.05) is 13.2 Å². The highest BCUT2D eigenvalue weighted by atomic mass is 16.5. The molecule has 2 N–H and O–H groups in total.